The van der Waals surface area contributed by atoms with Crippen LogP contribution in [0, 0.1) is 0 Å². The highest BCUT2D eigenvalue weighted by Gasteiger charge is 2.20. The summed E-state index contributed by atoms with van der Waals surface area (Å²) in [6.07, 6.45) is 0. The first-order chi connectivity index (χ1) is 6.29. The molecule has 2 rings (SSSR count). The fourth-order valence-corrected chi connectivity index (χ4v) is 1.41. The van der Waals surface area contributed by atoms with Gasteiger partial charge >= 0.3 is 7.12 Å². The zero-order valence-electron chi connectivity index (χ0n) is 7.03. The Morgan fingerprint density at radius 1 is 1.38 bits per heavy atom. The molecule has 0 radical (unpaired) electrons. The van der Waals surface area contributed by atoms with Crippen molar-refractivity contribution in [1.29, 1.82) is 0 Å². The minimum atomic E-state index is -1.45. The molecule has 0 spiro atoms. The van der Waals surface area contributed by atoms with E-state index >= 15 is 0 Å². The maximum Gasteiger partial charge on any atom is 0.490 e. The molecule has 13 heavy (non-hydrogen) atoms. The van der Waals surface area contributed by atoms with Gasteiger partial charge in [-0.2, -0.15) is 0 Å². The standard InChI is InChI=1S/C8H10BNO3/c11-9(12)6-2-1-3-7-8(6)10-4-5-13-7/h1-3,10-12H,4-5H2. The fourth-order valence-electron chi connectivity index (χ4n) is 1.41. The van der Waals surface area contributed by atoms with Crippen molar-refractivity contribution in [2.45, 2.75) is 0 Å². The lowest BCUT2D eigenvalue weighted by atomic mass is 9.78. The quantitative estimate of drug-likeness (QED) is 0.492. The van der Waals surface area contributed by atoms with E-state index in [1.54, 1.807) is 18.2 Å². The molecule has 0 aromatic heterocycles. The molecule has 1 heterocycles. The predicted octanol–water partition coefficient (Wildman–Crippen LogP) is -0.829. The number of hydrogen-bond acceptors (Lipinski definition) is 4. The zero-order chi connectivity index (χ0) is 9.26. The van der Waals surface area contributed by atoms with Gasteiger partial charge in [-0.15, -0.1) is 0 Å². The summed E-state index contributed by atoms with van der Waals surface area (Å²) in [5, 5.41) is 21.1. The molecule has 1 aliphatic heterocycles. The van der Waals surface area contributed by atoms with Crippen LogP contribution in [0.3, 0.4) is 0 Å². The zero-order valence-corrected chi connectivity index (χ0v) is 7.03. The van der Waals surface area contributed by atoms with Gasteiger partial charge in [0.2, 0.25) is 0 Å². The largest absolute Gasteiger partial charge is 0.490 e. The van der Waals surface area contributed by atoms with E-state index in [4.69, 9.17) is 14.8 Å². The maximum absolute atomic E-state index is 9.04. The molecule has 1 aliphatic rings. The molecule has 3 N–H and O–H groups in total. The lowest BCUT2D eigenvalue weighted by molar-refractivity contribution is 0.323. The first-order valence-corrected chi connectivity index (χ1v) is 4.15. The van der Waals surface area contributed by atoms with E-state index < -0.39 is 7.12 Å². The molecule has 0 saturated carbocycles. The minimum Gasteiger partial charge on any atom is -0.490 e. The van der Waals surface area contributed by atoms with Crippen molar-refractivity contribution in [2.24, 2.45) is 0 Å². The van der Waals surface area contributed by atoms with E-state index in [9.17, 15) is 0 Å². The Bertz CT molecular complexity index is 316. The average molecular weight is 179 g/mol. The molecule has 0 atom stereocenters. The molecular formula is C8H10BNO3. The molecule has 1 aromatic rings. The second kappa shape index (κ2) is 3.28. The van der Waals surface area contributed by atoms with Crippen LogP contribution in [-0.2, 0) is 0 Å². The summed E-state index contributed by atoms with van der Waals surface area (Å²) in [4.78, 5) is 0. The third-order valence-corrected chi connectivity index (χ3v) is 2.00. The topological polar surface area (TPSA) is 61.7 Å². The molecule has 68 valence electrons. The number of ether oxygens (including phenoxy) is 1. The number of rotatable bonds is 1. The van der Waals surface area contributed by atoms with Gasteiger partial charge in [0.1, 0.15) is 12.4 Å². The second-order valence-corrected chi connectivity index (χ2v) is 2.87. The van der Waals surface area contributed by atoms with Crippen molar-refractivity contribution in [2.75, 3.05) is 18.5 Å². The Kier molecular flexibility index (Phi) is 2.12. The van der Waals surface area contributed by atoms with Crippen molar-refractivity contribution in [3.05, 3.63) is 18.2 Å². The Hall–Kier alpha value is -1.20. The van der Waals surface area contributed by atoms with Gasteiger partial charge in [-0.3, -0.25) is 0 Å². The lowest BCUT2D eigenvalue weighted by Crippen LogP contribution is -2.35. The van der Waals surface area contributed by atoms with Crippen molar-refractivity contribution in [1.82, 2.24) is 0 Å². The maximum atomic E-state index is 9.04. The molecule has 0 amide bonds. The smallest absolute Gasteiger partial charge is 0.490 e. The summed E-state index contributed by atoms with van der Waals surface area (Å²) >= 11 is 0. The molecule has 5 heteroatoms. The van der Waals surface area contributed by atoms with Gasteiger partial charge in [-0.05, 0) is 6.07 Å². The van der Waals surface area contributed by atoms with Crippen molar-refractivity contribution < 1.29 is 14.8 Å². The first-order valence-electron chi connectivity index (χ1n) is 4.15. The summed E-state index contributed by atoms with van der Waals surface area (Å²) in [6, 6.07) is 5.19. The number of para-hydroxylation sites is 1. The summed E-state index contributed by atoms with van der Waals surface area (Å²) < 4.78 is 5.33. The first kappa shape index (κ1) is 8.41. The van der Waals surface area contributed by atoms with Gasteiger partial charge in [-0.25, -0.2) is 0 Å². The van der Waals surface area contributed by atoms with Gasteiger partial charge < -0.3 is 20.1 Å². The van der Waals surface area contributed by atoms with Crippen LogP contribution in [0.1, 0.15) is 0 Å². The van der Waals surface area contributed by atoms with Crippen molar-refractivity contribution in [3.8, 4) is 5.75 Å². The molecular weight excluding hydrogens is 169 g/mol. The van der Waals surface area contributed by atoms with Gasteiger partial charge in [0.15, 0.2) is 0 Å². The van der Waals surface area contributed by atoms with Crippen LogP contribution in [-0.4, -0.2) is 30.3 Å². The highest BCUT2D eigenvalue weighted by Crippen LogP contribution is 2.24. The molecule has 4 nitrogen and oxygen atoms in total. The number of benzene rings is 1. The van der Waals surface area contributed by atoms with E-state index in [0.29, 0.717) is 30.1 Å². The molecule has 0 fully saturated rings. The minimum absolute atomic E-state index is 0.456. The van der Waals surface area contributed by atoms with Gasteiger partial charge in [0.25, 0.3) is 0 Å². The normalized spacial score (nSPS) is 14.0. The van der Waals surface area contributed by atoms with Crippen LogP contribution in [0.2, 0.25) is 0 Å². The lowest BCUT2D eigenvalue weighted by Gasteiger charge is -2.21. The molecule has 0 unspecified atom stereocenters. The van der Waals surface area contributed by atoms with Crippen LogP contribution >= 0.6 is 0 Å². The second-order valence-electron chi connectivity index (χ2n) is 2.87. The van der Waals surface area contributed by atoms with Crippen molar-refractivity contribution in [3.63, 3.8) is 0 Å². The van der Waals surface area contributed by atoms with Gasteiger partial charge in [0.05, 0.1) is 5.69 Å². The van der Waals surface area contributed by atoms with E-state index in [1.807, 2.05) is 0 Å². The van der Waals surface area contributed by atoms with Crippen molar-refractivity contribution >= 4 is 18.3 Å². The summed E-state index contributed by atoms with van der Waals surface area (Å²) in [7, 11) is -1.45. The van der Waals surface area contributed by atoms with E-state index in [2.05, 4.69) is 5.32 Å². The van der Waals surface area contributed by atoms with Crippen LogP contribution in [0.4, 0.5) is 5.69 Å². The third-order valence-electron chi connectivity index (χ3n) is 2.00. The van der Waals surface area contributed by atoms with Crippen LogP contribution < -0.4 is 15.5 Å². The van der Waals surface area contributed by atoms with Gasteiger partial charge in [0, 0.05) is 12.0 Å². The fraction of sp³-hybridized carbons (Fsp3) is 0.250. The molecule has 0 saturated heterocycles. The third kappa shape index (κ3) is 1.48. The van der Waals surface area contributed by atoms with Crippen LogP contribution in [0.5, 0.6) is 5.75 Å². The number of nitrogens with one attached hydrogen (secondary N) is 1. The Balaban J connectivity index is 2.46. The Labute approximate surface area is 76.3 Å². The predicted molar refractivity (Wildman–Crippen MR) is 50.3 cm³/mol. The summed E-state index contributed by atoms with van der Waals surface area (Å²) in [6.45, 7) is 1.30. The Morgan fingerprint density at radius 2 is 2.23 bits per heavy atom. The van der Waals surface area contributed by atoms with Crippen LogP contribution in [0.25, 0.3) is 0 Å². The van der Waals surface area contributed by atoms with Gasteiger partial charge in [-0.1, -0.05) is 12.1 Å². The van der Waals surface area contributed by atoms with Crippen LogP contribution in [0.15, 0.2) is 18.2 Å². The highest BCUT2D eigenvalue weighted by atomic mass is 16.5. The monoisotopic (exact) mass is 179 g/mol. The molecule has 0 bridgehead atoms. The SMILES string of the molecule is OB(O)c1cccc2c1NCCO2. The van der Waals surface area contributed by atoms with E-state index in [0.717, 1.165) is 0 Å². The average Bonchev–Trinajstić information content (AvgIpc) is 2.17. The Morgan fingerprint density at radius 3 is 3.00 bits per heavy atom. The molecule has 1 aromatic carbocycles. The van der Waals surface area contributed by atoms with E-state index in [1.165, 1.54) is 0 Å². The summed E-state index contributed by atoms with van der Waals surface area (Å²) in [5.41, 5.74) is 1.14. The summed E-state index contributed by atoms with van der Waals surface area (Å²) in [5.74, 6) is 0.678. The number of anilines is 1. The number of fused-ring (bicyclic) bond motifs is 1. The molecule has 0 aliphatic carbocycles. The number of hydrogen-bond donors (Lipinski definition) is 3. The highest BCUT2D eigenvalue weighted by molar-refractivity contribution is 6.60. The van der Waals surface area contributed by atoms with E-state index in [-0.39, 0.29) is 0 Å².